The van der Waals surface area contributed by atoms with Crippen molar-refractivity contribution in [2.75, 3.05) is 4.90 Å². The number of para-hydroxylation sites is 2. The van der Waals surface area contributed by atoms with Crippen LogP contribution in [0.2, 0.25) is 0 Å². The van der Waals surface area contributed by atoms with E-state index in [1.807, 2.05) is 32.0 Å². The van der Waals surface area contributed by atoms with E-state index in [0.717, 1.165) is 39.6 Å². The Kier molecular flexibility index (Phi) is 13.9. The van der Waals surface area contributed by atoms with Crippen LogP contribution in [-0.4, -0.2) is 9.13 Å². The Balaban J connectivity index is 0.000000624. The van der Waals surface area contributed by atoms with Gasteiger partial charge in [0.15, 0.2) is 0 Å². The average molecular weight is 1000 g/mol. The molecule has 0 fully saturated rings. The molecule has 78 heavy (non-hydrogen) atoms. The number of nitrogens with zero attached hydrogens (tertiary/aromatic N) is 3. The van der Waals surface area contributed by atoms with Crippen molar-refractivity contribution >= 4 is 60.7 Å². The minimum Gasteiger partial charge on any atom is -0.311 e. The first-order valence-corrected chi connectivity index (χ1v) is 27.1. The first-order chi connectivity index (χ1) is 38.6. The number of benzene rings is 12. The Morgan fingerprint density at radius 1 is 0.244 bits per heavy atom. The second-order valence-corrected chi connectivity index (χ2v) is 19.4. The number of fused-ring (bicyclic) bond motifs is 7. The van der Waals surface area contributed by atoms with Crippen LogP contribution in [0.25, 0.3) is 99.5 Å². The van der Waals surface area contributed by atoms with Crippen LogP contribution in [0.4, 0.5) is 17.1 Å². The van der Waals surface area contributed by atoms with Crippen LogP contribution in [0.1, 0.15) is 19.4 Å². The fraction of sp³-hybridized carbons (Fsp3) is 0.0400. The van der Waals surface area contributed by atoms with Crippen molar-refractivity contribution in [2.24, 2.45) is 0 Å². The van der Waals surface area contributed by atoms with Crippen molar-refractivity contribution in [1.29, 1.82) is 0 Å². The Hall–Kier alpha value is -9.96. The summed E-state index contributed by atoms with van der Waals surface area (Å²) in [7, 11) is 0. The maximum Gasteiger partial charge on any atom is 0.0641 e. The molecule has 0 saturated carbocycles. The van der Waals surface area contributed by atoms with Crippen LogP contribution in [0.5, 0.6) is 0 Å². The van der Waals surface area contributed by atoms with Gasteiger partial charge in [0.2, 0.25) is 0 Å². The van der Waals surface area contributed by atoms with Gasteiger partial charge in [-0.15, -0.1) is 0 Å². The van der Waals surface area contributed by atoms with Gasteiger partial charge in [-0.25, -0.2) is 0 Å². The summed E-state index contributed by atoms with van der Waals surface area (Å²) < 4.78 is 4.90. The van der Waals surface area contributed by atoms with E-state index in [2.05, 4.69) is 306 Å². The Morgan fingerprint density at radius 3 is 0.962 bits per heavy atom. The van der Waals surface area contributed by atoms with Crippen molar-refractivity contribution in [3.05, 3.63) is 309 Å². The van der Waals surface area contributed by atoms with Gasteiger partial charge in [-0.2, -0.15) is 0 Å². The fourth-order valence-corrected chi connectivity index (χ4v) is 10.9. The molecule has 0 aliphatic rings. The lowest BCUT2D eigenvalue weighted by Gasteiger charge is -2.26. The van der Waals surface area contributed by atoms with E-state index >= 15 is 0 Å². The van der Waals surface area contributed by atoms with Crippen LogP contribution in [0, 0.1) is 6.92 Å². The number of aromatic nitrogens is 2. The standard InChI is InChI=1S/C66H45N3.C7H8.C2H6/c1-4-14-46(15-5-1)49-24-34-54(35-25-49)67(55-36-26-50(27-37-55)47-16-6-2-7-17-47)56-38-28-52(29-39-56)53-32-42-58(43-33-53)69-62-22-12-10-20-59(62)60-44-45-64-65(66(60)69)61-21-11-13-23-63(61)68(64)57-40-30-51(31-41-57)48-18-8-3-9-19-48;1-7-5-3-2-4-6-7;1-2/h1-45H;2-6H,1H3;1-2H3. The molecule has 0 spiro atoms. The minimum atomic E-state index is 1.09. The van der Waals surface area contributed by atoms with Crippen molar-refractivity contribution < 1.29 is 0 Å². The minimum absolute atomic E-state index is 1.09. The predicted molar refractivity (Wildman–Crippen MR) is 334 cm³/mol. The van der Waals surface area contributed by atoms with Gasteiger partial charge in [0.05, 0.1) is 22.1 Å². The second kappa shape index (κ2) is 22.1. The van der Waals surface area contributed by atoms with Crippen molar-refractivity contribution in [2.45, 2.75) is 20.8 Å². The summed E-state index contributed by atoms with van der Waals surface area (Å²) >= 11 is 0. The Bertz CT molecular complexity index is 4170. The van der Waals surface area contributed by atoms with Gasteiger partial charge < -0.3 is 14.0 Å². The molecule has 0 unspecified atom stereocenters. The summed E-state index contributed by atoms with van der Waals surface area (Å²) in [6.45, 7) is 6.08. The van der Waals surface area contributed by atoms with E-state index in [4.69, 9.17) is 0 Å². The molecule has 0 saturated heterocycles. The predicted octanol–water partition coefficient (Wildman–Crippen LogP) is 21.0. The van der Waals surface area contributed by atoms with E-state index < -0.39 is 0 Å². The molecular weight excluding hydrogens is 943 g/mol. The summed E-state index contributed by atoms with van der Waals surface area (Å²) in [6.07, 6.45) is 0. The molecule has 14 aromatic rings. The first-order valence-electron chi connectivity index (χ1n) is 27.1. The van der Waals surface area contributed by atoms with Crippen LogP contribution >= 0.6 is 0 Å². The van der Waals surface area contributed by atoms with E-state index in [0.29, 0.717) is 0 Å². The fourth-order valence-electron chi connectivity index (χ4n) is 10.9. The second-order valence-electron chi connectivity index (χ2n) is 19.4. The SMILES string of the molecule is CC.Cc1ccccc1.c1ccc(-c2ccc(N(c3ccc(-c4ccccc4)cc3)c3ccc(-c4ccc(-n5c6ccccc6c6ccc7c(c8ccccc8n7-c7ccc(-c8ccccc8)cc7)c65)cc4)cc3)cc2)cc1. The van der Waals surface area contributed by atoms with E-state index in [9.17, 15) is 0 Å². The van der Waals surface area contributed by atoms with Gasteiger partial charge >= 0.3 is 0 Å². The highest BCUT2D eigenvalue weighted by atomic mass is 15.1. The third-order valence-corrected chi connectivity index (χ3v) is 14.7. The maximum atomic E-state index is 2.47. The largest absolute Gasteiger partial charge is 0.311 e. The summed E-state index contributed by atoms with van der Waals surface area (Å²) in [5, 5.41) is 4.97. The smallest absolute Gasteiger partial charge is 0.0641 e. The van der Waals surface area contributed by atoms with Gasteiger partial charge in [-0.05, 0) is 130 Å². The topological polar surface area (TPSA) is 13.1 Å². The third-order valence-electron chi connectivity index (χ3n) is 14.7. The summed E-state index contributed by atoms with van der Waals surface area (Å²) in [6, 6.07) is 109. The molecule has 3 heteroatoms. The number of aryl methyl sites for hydroxylation is 1. The normalized spacial score (nSPS) is 11.0. The lowest BCUT2D eigenvalue weighted by molar-refractivity contribution is 1.17. The molecule has 0 aliphatic carbocycles. The zero-order valence-electron chi connectivity index (χ0n) is 44.2. The van der Waals surface area contributed by atoms with Crippen molar-refractivity contribution in [1.82, 2.24) is 9.13 Å². The van der Waals surface area contributed by atoms with Gasteiger partial charge in [-0.3, -0.25) is 0 Å². The van der Waals surface area contributed by atoms with Crippen LogP contribution in [0.15, 0.2) is 303 Å². The number of anilines is 3. The molecule has 0 amide bonds. The van der Waals surface area contributed by atoms with Crippen LogP contribution < -0.4 is 4.90 Å². The highest BCUT2D eigenvalue weighted by Crippen LogP contribution is 2.43. The molecule has 0 bridgehead atoms. The van der Waals surface area contributed by atoms with Gasteiger partial charge in [0, 0.05) is 50.0 Å². The van der Waals surface area contributed by atoms with Crippen molar-refractivity contribution in [3.63, 3.8) is 0 Å². The summed E-state index contributed by atoms with van der Waals surface area (Å²) in [5.74, 6) is 0. The van der Waals surface area contributed by atoms with Crippen molar-refractivity contribution in [3.8, 4) is 55.9 Å². The Morgan fingerprint density at radius 2 is 0.564 bits per heavy atom. The molecule has 2 heterocycles. The van der Waals surface area contributed by atoms with Crippen LogP contribution in [-0.2, 0) is 0 Å². The lowest BCUT2D eigenvalue weighted by Crippen LogP contribution is -2.09. The number of hydrogen-bond acceptors (Lipinski definition) is 1. The molecule has 374 valence electrons. The summed E-state index contributed by atoms with van der Waals surface area (Å²) in [5.41, 5.74) is 21.2. The number of hydrogen-bond donors (Lipinski definition) is 0. The zero-order chi connectivity index (χ0) is 52.8. The highest BCUT2D eigenvalue weighted by molar-refractivity contribution is 6.26. The molecule has 0 aliphatic heterocycles. The number of rotatable bonds is 9. The molecule has 14 rings (SSSR count). The molecule has 0 radical (unpaired) electrons. The quantitative estimate of drug-likeness (QED) is 0.140. The van der Waals surface area contributed by atoms with Gasteiger partial charge in [0.1, 0.15) is 0 Å². The molecule has 3 nitrogen and oxygen atoms in total. The zero-order valence-corrected chi connectivity index (χ0v) is 44.2. The lowest BCUT2D eigenvalue weighted by atomic mass is 10.0. The first kappa shape index (κ1) is 48.9. The van der Waals surface area contributed by atoms with E-state index in [-0.39, 0.29) is 0 Å². The summed E-state index contributed by atoms with van der Waals surface area (Å²) in [4.78, 5) is 2.34. The van der Waals surface area contributed by atoms with Gasteiger partial charge in [-0.1, -0.05) is 244 Å². The third kappa shape index (κ3) is 9.55. The highest BCUT2D eigenvalue weighted by Gasteiger charge is 2.21. The molecule has 0 atom stereocenters. The van der Waals surface area contributed by atoms with E-state index in [1.165, 1.54) is 82.6 Å². The Labute approximate surface area is 457 Å². The molecule has 0 N–H and O–H groups in total. The maximum absolute atomic E-state index is 2.47. The average Bonchev–Trinajstić information content (AvgIpc) is 4.26. The molecule has 2 aromatic heterocycles. The molecule has 12 aromatic carbocycles. The molecular formula is C75H59N3. The monoisotopic (exact) mass is 1000 g/mol. The van der Waals surface area contributed by atoms with Gasteiger partial charge in [0.25, 0.3) is 0 Å². The van der Waals surface area contributed by atoms with Crippen LogP contribution in [0.3, 0.4) is 0 Å². The van der Waals surface area contributed by atoms with E-state index in [1.54, 1.807) is 0 Å².